The number of methoxy groups -OCH3 is 1. The van der Waals surface area contributed by atoms with Crippen molar-refractivity contribution in [3.63, 3.8) is 0 Å². The van der Waals surface area contributed by atoms with Crippen LogP contribution in [0.3, 0.4) is 0 Å². The maximum Gasteiger partial charge on any atom is 0.119 e. The fourth-order valence-electron chi connectivity index (χ4n) is 2.65. The summed E-state index contributed by atoms with van der Waals surface area (Å²) in [7, 11) is 1.69. The van der Waals surface area contributed by atoms with Crippen molar-refractivity contribution >= 4 is 0 Å². The SMILES string of the molecule is CCCNCc1cnn(-c2ccc(OC)cc2)c1C1CC1. The number of nitrogens with one attached hydrogen (secondary N) is 1. The van der Waals surface area contributed by atoms with Crippen LogP contribution >= 0.6 is 0 Å². The lowest BCUT2D eigenvalue weighted by atomic mass is 10.1. The zero-order valence-electron chi connectivity index (χ0n) is 12.8. The van der Waals surface area contributed by atoms with Gasteiger partial charge >= 0.3 is 0 Å². The van der Waals surface area contributed by atoms with Crippen LogP contribution in [0.4, 0.5) is 0 Å². The maximum absolute atomic E-state index is 5.23. The van der Waals surface area contributed by atoms with Crippen molar-refractivity contribution in [1.82, 2.24) is 15.1 Å². The lowest BCUT2D eigenvalue weighted by Gasteiger charge is -2.10. The molecule has 0 unspecified atom stereocenters. The van der Waals surface area contributed by atoms with Crippen molar-refractivity contribution in [2.45, 2.75) is 38.6 Å². The highest BCUT2D eigenvalue weighted by Gasteiger charge is 2.30. The van der Waals surface area contributed by atoms with Crippen molar-refractivity contribution in [2.75, 3.05) is 13.7 Å². The monoisotopic (exact) mass is 285 g/mol. The number of rotatable bonds is 7. The van der Waals surface area contributed by atoms with Crippen molar-refractivity contribution in [2.24, 2.45) is 0 Å². The van der Waals surface area contributed by atoms with Crippen LogP contribution in [-0.2, 0) is 6.54 Å². The Kier molecular flexibility index (Phi) is 4.25. The Bertz CT molecular complexity index is 585. The molecule has 112 valence electrons. The van der Waals surface area contributed by atoms with Gasteiger partial charge in [-0.15, -0.1) is 0 Å². The number of nitrogens with zero attached hydrogens (tertiary/aromatic N) is 2. The Labute approximate surface area is 126 Å². The first-order valence-electron chi connectivity index (χ1n) is 7.75. The van der Waals surface area contributed by atoms with Gasteiger partial charge in [0.2, 0.25) is 0 Å². The zero-order valence-corrected chi connectivity index (χ0v) is 12.8. The van der Waals surface area contributed by atoms with Gasteiger partial charge in [-0.25, -0.2) is 4.68 Å². The van der Waals surface area contributed by atoms with Crippen LogP contribution < -0.4 is 10.1 Å². The highest BCUT2D eigenvalue weighted by molar-refractivity contribution is 5.41. The quantitative estimate of drug-likeness (QED) is 0.794. The average Bonchev–Trinajstić information content (AvgIpc) is 3.28. The second-order valence-electron chi connectivity index (χ2n) is 5.62. The third kappa shape index (κ3) is 3.10. The van der Waals surface area contributed by atoms with Gasteiger partial charge in [-0.1, -0.05) is 6.92 Å². The lowest BCUT2D eigenvalue weighted by Crippen LogP contribution is -2.15. The molecular formula is C17H23N3O. The summed E-state index contributed by atoms with van der Waals surface area (Å²) in [6.07, 6.45) is 5.73. The summed E-state index contributed by atoms with van der Waals surface area (Å²) in [6, 6.07) is 8.12. The summed E-state index contributed by atoms with van der Waals surface area (Å²) in [5.41, 5.74) is 3.82. The zero-order chi connectivity index (χ0) is 14.7. The largest absolute Gasteiger partial charge is 0.497 e. The maximum atomic E-state index is 5.23. The molecule has 1 aliphatic carbocycles. The van der Waals surface area contributed by atoms with Gasteiger partial charge in [0.05, 0.1) is 24.7 Å². The summed E-state index contributed by atoms with van der Waals surface area (Å²) >= 11 is 0. The minimum Gasteiger partial charge on any atom is -0.497 e. The smallest absolute Gasteiger partial charge is 0.119 e. The number of benzene rings is 1. The summed E-state index contributed by atoms with van der Waals surface area (Å²) < 4.78 is 7.32. The second kappa shape index (κ2) is 6.31. The highest BCUT2D eigenvalue weighted by Crippen LogP contribution is 2.42. The molecule has 0 atom stereocenters. The van der Waals surface area contributed by atoms with Crippen molar-refractivity contribution < 1.29 is 4.74 Å². The molecule has 1 aliphatic rings. The van der Waals surface area contributed by atoms with Crippen LogP contribution in [0, 0.1) is 0 Å². The molecule has 4 heteroatoms. The van der Waals surface area contributed by atoms with Gasteiger partial charge in [0.25, 0.3) is 0 Å². The summed E-state index contributed by atoms with van der Waals surface area (Å²) in [4.78, 5) is 0. The van der Waals surface area contributed by atoms with Crippen LogP contribution in [0.25, 0.3) is 5.69 Å². The van der Waals surface area contributed by atoms with Gasteiger partial charge < -0.3 is 10.1 Å². The molecule has 1 N–H and O–H groups in total. The molecule has 0 amide bonds. The van der Waals surface area contributed by atoms with E-state index in [1.54, 1.807) is 7.11 Å². The normalized spacial score (nSPS) is 14.4. The van der Waals surface area contributed by atoms with Gasteiger partial charge in [-0.3, -0.25) is 0 Å². The third-order valence-electron chi connectivity index (χ3n) is 3.91. The Morgan fingerprint density at radius 3 is 2.67 bits per heavy atom. The highest BCUT2D eigenvalue weighted by atomic mass is 16.5. The summed E-state index contributed by atoms with van der Waals surface area (Å²) in [5.74, 6) is 1.55. The van der Waals surface area contributed by atoms with E-state index in [1.807, 2.05) is 18.3 Å². The van der Waals surface area contributed by atoms with Crippen LogP contribution in [-0.4, -0.2) is 23.4 Å². The molecule has 4 nitrogen and oxygen atoms in total. The Morgan fingerprint density at radius 1 is 1.29 bits per heavy atom. The number of hydrogen-bond donors (Lipinski definition) is 1. The molecule has 0 aliphatic heterocycles. The van der Waals surface area contributed by atoms with E-state index in [0.29, 0.717) is 5.92 Å². The van der Waals surface area contributed by atoms with Gasteiger partial charge in [-0.05, 0) is 50.1 Å². The van der Waals surface area contributed by atoms with E-state index < -0.39 is 0 Å². The van der Waals surface area contributed by atoms with E-state index in [2.05, 4.69) is 34.2 Å². The minimum absolute atomic E-state index is 0.674. The fourth-order valence-corrected chi connectivity index (χ4v) is 2.65. The summed E-state index contributed by atoms with van der Waals surface area (Å²) in [5, 5.41) is 8.10. The number of ether oxygens (including phenoxy) is 1. The van der Waals surface area contributed by atoms with E-state index in [4.69, 9.17) is 4.74 Å². The first-order valence-corrected chi connectivity index (χ1v) is 7.75. The standard InChI is InChI=1S/C17H23N3O/c1-3-10-18-11-14-12-19-20(17(14)13-4-5-13)15-6-8-16(21-2)9-7-15/h6-9,12-13,18H,3-5,10-11H2,1-2H3. The van der Waals surface area contributed by atoms with Gasteiger partial charge in [0.1, 0.15) is 5.75 Å². The van der Waals surface area contributed by atoms with E-state index in [1.165, 1.54) is 24.1 Å². The van der Waals surface area contributed by atoms with Crippen molar-refractivity contribution in [3.8, 4) is 11.4 Å². The van der Waals surface area contributed by atoms with Crippen molar-refractivity contribution in [1.29, 1.82) is 0 Å². The summed E-state index contributed by atoms with van der Waals surface area (Å²) in [6.45, 7) is 4.16. The molecule has 2 aromatic rings. The lowest BCUT2D eigenvalue weighted by molar-refractivity contribution is 0.414. The number of hydrogen-bond acceptors (Lipinski definition) is 3. The predicted molar refractivity (Wildman–Crippen MR) is 84.1 cm³/mol. The Morgan fingerprint density at radius 2 is 2.05 bits per heavy atom. The third-order valence-corrected chi connectivity index (χ3v) is 3.91. The van der Waals surface area contributed by atoms with Gasteiger partial charge in [0, 0.05) is 18.0 Å². The van der Waals surface area contributed by atoms with Crippen LogP contribution in [0.15, 0.2) is 30.5 Å². The molecule has 0 bridgehead atoms. The Balaban J connectivity index is 1.86. The first-order chi connectivity index (χ1) is 10.3. The van der Waals surface area contributed by atoms with E-state index in [9.17, 15) is 0 Å². The molecule has 1 saturated carbocycles. The van der Waals surface area contributed by atoms with Gasteiger partial charge in [0.15, 0.2) is 0 Å². The molecule has 1 fully saturated rings. The first kappa shape index (κ1) is 14.1. The molecular weight excluding hydrogens is 262 g/mol. The van der Waals surface area contributed by atoms with Gasteiger partial charge in [-0.2, -0.15) is 5.10 Å². The van der Waals surface area contributed by atoms with Crippen LogP contribution in [0.1, 0.15) is 43.4 Å². The van der Waals surface area contributed by atoms with Crippen molar-refractivity contribution in [3.05, 3.63) is 41.7 Å². The Hall–Kier alpha value is -1.81. The number of aromatic nitrogens is 2. The average molecular weight is 285 g/mol. The van der Waals surface area contributed by atoms with E-state index in [-0.39, 0.29) is 0 Å². The van der Waals surface area contributed by atoms with Crippen LogP contribution in [0.5, 0.6) is 5.75 Å². The van der Waals surface area contributed by atoms with E-state index >= 15 is 0 Å². The second-order valence-corrected chi connectivity index (χ2v) is 5.62. The molecule has 1 heterocycles. The predicted octanol–water partition coefficient (Wildman–Crippen LogP) is 3.26. The molecule has 1 aromatic heterocycles. The molecule has 0 radical (unpaired) electrons. The fraction of sp³-hybridized carbons (Fsp3) is 0.471. The molecule has 21 heavy (non-hydrogen) atoms. The molecule has 3 rings (SSSR count). The minimum atomic E-state index is 0.674. The van der Waals surface area contributed by atoms with Crippen LogP contribution in [0.2, 0.25) is 0 Å². The topological polar surface area (TPSA) is 39.1 Å². The molecule has 1 aromatic carbocycles. The molecule has 0 saturated heterocycles. The van der Waals surface area contributed by atoms with E-state index in [0.717, 1.165) is 30.9 Å². The molecule has 0 spiro atoms.